The molecule has 1 fully saturated rings. The van der Waals surface area contributed by atoms with E-state index in [0.717, 1.165) is 19.5 Å². The second-order valence-electron chi connectivity index (χ2n) is 7.88. The van der Waals surface area contributed by atoms with E-state index in [0.29, 0.717) is 33.6 Å². The van der Waals surface area contributed by atoms with Crippen molar-refractivity contribution in [3.63, 3.8) is 0 Å². The molecule has 27 heavy (non-hydrogen) atoms. The molecule has 1 aromatic heterocycles. The molecule has 0 unspecified atom stereocenters. The van der Waals surface area contributed by atoms with Crippen LogP contribution in [0, 0.1) is 11.8 Å². The van der Waals surface area contributed by atoms with E-state index in [9.17, 15) is 9.59 Å². The molecule has 3 rings (SSSR count). The Morgan fingerprint density at radius 2 is 1.93 bits per heavy atom. The fourth-order valence-corrected chi connectivity index (χ4v) is 4.88. The lowest BCUT2D eigenvalue weighted by atomic mass is 9.92. The zero-order chi connectivity index (χ0) is 19.6. The summed E-state index contributed by atoms with van der Waals surface area (Å²) in [6.07, 6.45) is 2.01. The van der Waals surface area contributed by atoms with E-state index in [1.54, 1.807) is 4.57 Å². The number of para-hydroxylation sites is 1. The highest BCUT2D eigenvalue weighted by atomic mass is 32.2. The maximum atomic E-state index is 13.0. The van der Waals surface area contributed by atoms with Crippen molar-refractivity contribution in [1.82, 2.24) is 14.5 Å². The summed E-state index contributed by atoms with van der Waals surface area (Å²) in [5.74, 6) is 1.54. The van der Waals surface area contributed by atoms with Crippen molar-refractivity contribution in [3.8, 4) is 0 Å². The van der Waals surface area contributed by atoms with E-state index in [1.165, 1.54) is 18.2 Å². The average Bonchev–Trinajstić information content (AvgIpc) is 2.65. The monoisotopic (exact) mass is 387 g/mol. The molecule has 0 radical (unpaired) electrons. The van der Waals surface area contributed by atoms with Crippen LogP contribution in [0.25, 0.3) is 10.9 Å². The van der Waals surface area contributed by atoms with E-state index in [2.05, 4.69) is 20.8 Å². The number of nitrogens with zero attached hydrogens (tertiary/aromatic N) is 3. The third-order valence-corrected chi connectivity index (χ3v) is 6.29. The van der Waals surface area contributed by atoms with E-state index in [-0.39, 0.29) is 17.5 Å². The van der Waals surface area contributed by atoms with Gasteiger partial charge in [-0.15, -0.1) is 0 Å². The normalized spacial score (nSPS) is 21.4. The van der Waals surface area contributed by atoms with Gasteiger partial charge in [-0.25, -0.2) is 4.98 Å². The standard InChI is InChI=1S/C21H29N3O2S/c1-5-16(4)24-20(26)17-8-6-7-9-18(17)22-21(24)27-13-19(25)23-11-14(2)10-15(3)12-23/h6-9,14-16H,5,10-13H2,1-4H3/t14-,15-,16+/m0/s1. The predicted molar refractivity (Wildman–Crippen MR) is 111 cm³/mol. The highest BCUT2D eigenvalue weighted by Gasteiger charge is 2.26. The Labute approximate surface area is 165 Å². The molecule has 0 saturated carbocycles. The molecule has 0 spiro atoms. The average molecular weight is 388 g/mol. The number of fused-ring (bicyclic) bond motifs is 1. The van der Waals surface area contributed by atoms with Crippen LogP contribution in [-0.2, 0) is 4.79 Å². The Hall–Kier alpha value is -1.82. The molecule has 1 aliphatic rings. The molecular formula is C21H29N3O2S. The van der Waals surface area contributed by atoms with Gasteiger partial charge in [-0.3, -0.25) is 14.2 Å². The van der Waals surface area contributed by atoms with Crippen LogP contribution in [0.1, 0.15) is 46.6 Å². The Bertz CT molecular complexity index is 869. The van der Waals surface area contributed by atoms with Crippen LogP contribution in [0.2, 0.25) is 0 Å². The number of carbonyl (C=O) groups is 1. The number of carbonyl (C=O) groups excluding carboxylic acids is 1. The molecule has 5 nitrogen and oxygen atoms in total. The molecule has 0 bridgehead atoms. The summed E-state index contributed by atoms with van der Waals surface area (Å²) < 4.78 is 1.75. The lowest BCUT2D eigenvalue weighted by Crippen LogP contribution is -2.43. The molecule has 6 heteroatoms. The summed E-state index contributed by atoms with van der Waals surface area (Å²) in [6, 6.07) is 7.47. The third-order valence-electron chi connectivity index (χ3n) is 5.35. The van der Waals surface area contributed by atoms with Gasteiger partial charge in [-0.1, -0.05) is 44.7 Å². The zero-order valence-corrected chi connectivity index (χ0v) is 17.5. The maximum Gasteiger partial charge on any atom is 0.262 e. The van der Waals surface area contributed by atoms with Gasteiger partial charge >= 0.3 is 0 Å². The van der Waals surface area contributed by atoms with Crippen molar-refractivity contribution in [3.05, 3.63) is 34.6 Å². The molecule has 0 aliphatic carbocycles. The maximum absolute atomic E-state index is 13.0. The van der Waals surface area contributed by atoms with E-state index < -0.39 is 0 Å². The molecule has 1 saturated heterocycles. The molecule has 2 heterocycles. The minimum Gasteiger partial charge on any atom is -0.341 e. The minimum absolute atomic E-state index is 0.0230. The van der Waals surface area contributed by atoms with Crippen LogP contribution in [0.5, 0.6) is 0 Å². The fraction of sp³-hybridized carbons (Fsp3) is 0.571. The second-order valence-corrected chi connectivity index (χ2v) is 8.82. The van der Waals surface area contributed by atoms with Crippen LogP contribution in [0.4, 0.5) is 0 Å². The zero-order valence-electron chi connectivity index (χ0n) is 16.6. The van der Waals surface area contributed by atoms with Crippen LogP contribution in [-0.4, -0.2) is 39.2 Å². The Morgan fingerprint density at radius 1 is 1.26 bits per heavy atom. The van der Waals surface area contributed by atoms with E-state index in [4.69, 9.17) is 4.98 Å². The molecule has 1 aromatic carbocycles. The first-order valence-corrected chi connectivity index (χ1v) is 10.8. The summed E-state index contributed by atoms with van der Waals surface area (Å²) >= 11 is 1.38. The predicted octanol–water partition coefficient (Wildman–Crippen LogP) is 3.96. The number of thioether (sulfide) groups is 1. The van der Waals surface area contributed by atoms with E-state index >= 15 is 0 Å². The van der Waals surface area contributed by atoms with Gasteiger partial charge in [0.2, 0.25) is 5.91 Å². The van der Waals surface area contributed by atoms with Crippen LogP contribution in [0.3, 0.4) is 0 Å². The molecule has 3 atom stereocenters. The van der Waals surface area contributed by atoms with Crippen LogP contribution in [0.15, 0.2) is 34.2 Å². The number of amides is 1. The van der Waals surface area contributed by atoms with Gasteiger partial charge in [-0.2, -0.15) is 0 Å². The number of likely N-dealkylation sites (tertiary alicyclic amines) is 1. The van der Waals surface area contributed by atoms with Crippen molar-refractivity contribution >= 4 is 28.6 Å². The second kappa shape index (κ2) is 8.46. The van der Waals surface area contributed by atoms with Gasteiger partial charge in [0.15, 0.2) is 5.16 Å². The molecule has 1 amide bonds. The fourth-order valence-electron chi connectivity index (χ4n) is 3.88. The summed E-state index contributed by atoms with van der Waals surface area (Å²) in [6.45, 7) is 10.1. The number of hydrogen-bond donors (Lipinski definition) is 0. The highest BCUT2D eigenvalue weighted by molar-refractivity contribution is 7.99. The number of benzene rings is 1. The number of rotatable bonds is 5. The van der Waals surface area contributed by atoms with Crippen molar-refractivity contribution in [1.29, 1.82) is 0 Å². The molecular weight excluding hydrogens is 358 g/mol. The lowest BCUT2D eigenvalue weighted by Gasteiger charge is -2.35. The van der Waals surface area contributed by atoms with Crippen molar-refractivity contribution in [2.75, 3.05) is 18.8 Å². The molecule has 2 aromatic rings. The first kappa shape index (κ1) is 19.9. The first-order chi connectivity index (χ1) is 12.9. The smallest absolute Gasteiger partial charge is 0.262 e. The SMILES string of the molecule is CC[C@@H](C)n1c(SCC(=O)N2C[C@@H](C)C[C@H](C)C2)nc2ccccc2c1=O. The largest absolute Gasteiger partial charge is 0.341 e. The van der Waals surface area contributed by atoms with Gasteiger partial charge < -0.3 is 4.90 Å². The van der Waals surface area contributed by atoms with Crippen molar-refractivity contribution in [2.24, 2.45) is 11.8 Å². The van der Waals surface area contributed by atoms with Gasteiger partial charge in [0.05, 0.1) is 16.7 Å². The van der Waals surface area contributed by atoms with Gasteiger partial charge in [-0.05, 0) is 43.7 Å². The van der Waals surface area contributed by atoms with E-state index in [1.807, 2.05) is 36.1 Å². The third kappa shape index (κ3) is 4.37. The lowest BCUT2D eigenvalue weighted by molar-refractivity contribution is -0.130. The van der Waals surface area contributed by atoms with Gasteiger partial charge in [0.1, 0.15) is 0 Å². The minimum atomic E-state index is -0.0230. The number of piperidine rings is 1. The number of hydrogen-bond acceptors (Lipinski definition) is 4. The Balaban J connectivity index is 1.85. The van der Waals surface area contributed by atoms with Crippen molar-refractivity contribution < 1.29 is 4.79 Å². The van der Waals surface area contributed by atoms with Crippen molar-refractivity contribution in [2.45, 2.75) is 51.7 Å². The topological polar surface area (TPSA) is 55.2 Å². The van der Waals surface area contributed by atoms with Gasteiger partial charge in [0.25, 0.3) is 5.56 Å². The molecule has 0 N–H and O–H groups in total. The Morgan fingerprint density at radius 3 is 2.59 bits per heavy atom. The van der Waals surface area contributed by atoms with Gasteiger partial charge in [0, 0.05) is 19.1 Å². The molecule has 146 valence electrons. The highest BCUT2D eigenvalue weighted by Crippen LogP contribution is 2.25. The number of aromatic nitrogens is 2. The first-order valence-electron chi connectivity index (χ1n) is 9.82. The van der Waals surface area contributed by atoms with Crippen LogP contribution >= 0.6 is 11.8 Å². The molecule has 1 aliphatic heterocycles. The quantitative estimate of drug-likeness (QED) is 0.575. The summed E-state index contributed by atoms with van der Waals surface area (Å²) in [5.41, 5.74) is 0.669. The summed E-state index contributed by atoms with van der Waals surface area (Å²) in [4.78, 5) is 32.4. The summed E-state index contributed by atoms with van der Waals surface area (Å²) in [5, 5.41) is 1.27. The van der Waals surface area contributed by atoms with Crippen LogP contribution < -0.4 is 5.56 Å². The Kier molecular flexibility index (Phi) is 6.25. The summed E-state index contributed by atoms with van der Waals surface area (Å²) in [7, 11) is 0.